The van der Waals surface area contributed by atoms with Crippen molar-refractivity contribution in [1.29, 1.82) is 0 Å². The zero-order valence-corrected chi connectivity index (χ0v) is 9.67. The van der Waals surface area contributed by atoms with Gasteiger partial charge in [-0.05, 0) is 49.5 Å². The number of fused-ring (bicyclic) bond motifs is 1. The van der Waals surface area contributed by atoms with Gasteiger partial charge in [-0.25, -0.2) is 0 Å². The Labute approximate surface area is 97.0 Å². The average molecular weight is 220 g/mol. The maximum atomic E-state index is 5.58. The lowest BCUT2D eigenvalue weighted by atomic mass is 10.0. The maximum absolute atomic E-state index is 5.58. The molecule has 0 aromatic heterocycles. The first-order valence-corrected chi connectivity index (χ1v) is 6.05. The van der Waals surface area contributed by atoms with Gasteiger partial charge in [0.25, 0.3) is 0 Å². The fourth-order valence-electron chi connectivity index (χ4n) is 1.98. The average Bonchev–Trinajstić information content (AvgIpc) is 2.34. The van der Waals surface area contributed by atoms with E-state index >= 15 is 0 Å². The number of benzene rings is 1. The highest BCUT2D eigenvalue weighted by Gasteiger charge is 2.09. The van der Waals surface area contributed by atoms with E-state index < -0.39 is 0 Å². The van der Waals surface area contributed by atoms with Crippen LogP contribution in [-0.4, -0.2) is 19.7 Å². The number of aryl methyl sites for hydroxylation is 1. The van der Waals surface area contributed by atoms with Crippen LogP contribution in [0.3, 0.4) is 0 Å². The molecule has 3 heteroatoms. The first-order chi connectivity index (χ1) is 7.90. The maximum Gasteiger partial charge on any atom is 0.122 e. The van der Waals surface area contributed by atoms with E-state index in [1.165, 1.54) is 11.1 Å². The zero-order chi connectivity index (χ0) is 11.2. The first kappa shape index (κ1) is 11.4. The van der Waals surface area contributed by atoms with Crippen molar-refractivity contribution in [1.82, 2.24) is 5.32 Å². The normalized spacial score (nSPS) is 14.3. The van der Waals surface area contributed by atoms with Gasteiger partial charge in [0.15, 0.2) is 0 Å². The number of hydrogen-bond acceptors (Lipinski definition) is 3. The molecule has 0 bridgehead atoms. The Hall–Kier alpha value is -1.06. The Morgan fingerprint density at radius 3 is 3.19 bits per heavy atom. The summed E-state index contributed by atoms with van der Waals surface area (Å²) in [6.07, 6.45) is 3.32. The van der Waals surface area contributed by atoms with Gasteiger partial charge in [-0.3, -0.25) is 0 Å². The predicted octanol–water partition coefficient (Wildman–Crippen LogP) is 1.45. The van der Waals surface area contributed by atoms with Crippen molar-refractivity contribution in [2.24, 2.45) is 5.73 Å². The summed E-state index contributed by atoms with van der Waals surface area (Å²) in [6, 6.07) is 6.48. The van der Waals surface area contributed by atoms with Crippen LogP contribution < -0.4 is 15.8 Å². The Kier molecular flexibility index (Phi) is 4.19. The molecule has 0 aliphatic carbocycles. The second kappa shape index (κ2) is 5.87. The first-order valence-electron chi connectivity index (χ1n) is 6.05. The third-order valence-corrected chi connectivity index (χ3v) is 2.86. The van der Waals surface area contributed by atoms with E-state index in [-0.39, 0.29) is 0 Å². The van der Waals surface area contributed by atoms with E-state index in [9.17, 15) is 0 Å². The topological polar surface area (TPSA) is 47.3 Å². The van der Waals surface area contributed by atoms with E-state index in [4.69, 9.17) is 10.5 Å². The SMILES string of the molecule is NCCCNCc1ccc2c(c1)CCCO2. The van der Waals surface area contributed by atoms with Gasteiger partial charge in [-0.15, -0.1) is 0 Å². The van der Waals surface area contributed by atoms with Crippen molar-refractivity contribution in [3.05, 3.63) is 29.3 Å². The minimum atomic E-state index is 0.755. The monoisotopic (exact) mass is 220 g/mol. The van der Waals surface area contributed by atoms with E-state index in [2.05, 4.69) is 23.5 Å². The molecule has 0 fully saturated rings. The molecular weight excluding hydrogens is 200 g/mol. The summed E-state index contributed by atoms with van der Waals surface area (Å²) in [7, 11) is 0. The molecular formula is C13H20N2O. The lowest BCUT2D eigenvalue weighted by Crippen LogP contribution is -2.18. The van der Waals surface area contributed by atoms with Crippen LogP contribution in [0, 0.1) is 0 Å². The van der Waals surface area contributed by atoms with Crippen molar-refractivity contribution in [2.45, 2.75) is 25.8 Å². The molecule has 1 aromatic rings. The third-order valence-electron chi connectivity index (χ3n) is 2.86. The Balaban J connectivity index is 1.90. The van der Waals surface area contributed by atoms with Gasteiger partial charge < -0.3 is 15.8 Å². The van der Waals surface area contributed by atoms with Gasteiger partial charge in [0.1, 0.15) is 5.75 Å². The molecule has 0 amide bonds. The second-order valence-electron chi connectivity index (χ2n) is 4.21. The van der Waals surface area contributed by atoms with Crippen LogP contribution in [-0.2, 0) is 13.0 Å². The molecule has 0 unspecified atom stereocenters. The van der Waals surface area contributed by atoms with E-state index in [0.717, 1.165) is 51.3 Å². The minimum Gasteiger partial charge on any atom is -0.493 e. The quantitative estimate of drug-likeness (QED) is 0.738. The van der Waals surface area contributed by atoms with Crippen molar-refractivity contribution in [3.63, 3.8) is 0 Å². The Morgan fingerprint density at radius 1 is 1.38 bits per heavy atom. The smallest absolute Gasteiger partial charge is 0.122 e. The van der Waals surface area contributed by atoms with Crippen molar-refractivity contribution in [2.75, 3.05) is 19.7 Å². The molecule has 1 heterocycles. The third kappa shape index (κ3) is 2.97. The van der Waals surface area contributed by atoms with Gasteiger partial charge in [-0.1, -0.05) is 12.1 Å². The summed E-state index contributed by atoms with van der Waals surface area (Å²) >= 11 is 0. The van der Waals surface area contributed by atoms with Crippen LogP contribution in [0.5, 0.6) is 5.75 Å². The highest BCUT2D eigenvalue weighted by atomic mass is 16.5. The molecule has 16 heavy (non-hydrogen) atoms. The van der Waals surface area contributed by atoms with Crippen LogP contribution in [0.2, 0.25) is 0 Å². The minimum absolute atomic E-state index is 0.755. The predicted molar refractivity (Wildman–Crippen MR) is 65.6 cm³/mol. The fourth-order valence-corrected chi connectivity index (χ4v) is 1.98. The molecule has 0 saturated carbocycles. The largest absolute Gasteiger partial charge is 0.493 e. The van der Waals surface area contributed by atoms with Gasteiger partial charge >= 0.3 is 0 Å². The summed E-state index contributed by atoms with van der Waals surface area (Å²) in [5.41, 5.74) is 8.13. The molecule has 3 nitrogen and oxygen atoms in total. The number of nitrogens with one attached hydrogen (secondary N) is 1. The van der Waals surface area contributed by atoms with Crippen LogP contribution >= 0.6 is 0 Å². The Morgan fingerprint density at radius 2 is 2.31 bits per heavy atom. The van der Waals surface area contributed by atoms with Gasteiger partial charge in [0.05, 0.1) is 6.61 Å². The molecule has 2 rings (SSSR count). The molecule has 0 atom stereocenters. The number of ether oxygens (including phenoxy) is 1. The number of hydrogen-bond donors (Lipinski definition) is 2. The summed E-state index contributed by atoms with van der Waals surface area (Å²) in [5.74, 6) is 1.07. The summed E-state index contributed by atoms with van der Waals surface area (Å²) in [4.78, 5) is 0. The fraction of sp³-hybridized carbons (Fsp3) is 0.538. The van der Waals surface area contributed by atoms with E-state index in [1.807, 2.05) is 0 Å². The molecule has 88 valence electrons. The van der Waals surface area contributed by atoms with E-state index in [0.29, 0.717) is 0 Å². The number of rotatable bonds is 5. The summed E-state index contributed by atoms with van der Waals surface area (Å²) < 4.78 is 5.58. The highest BCUT2D eigenvalue weighted by Crippen LogP contribution is 2.25. The molecule has 0 radical (unpaired) electrons. The van der Waals surface area contributed by atoms with Gasteiger partial charge in [-0.2, -0.15) is 0 Å². The summed E-state index contributed by atoms with van der Waals surface area (Å²) in [5, 5.41) is 3.39. The highest BCUT2D eigenvalue weighted by molar-refractivity contribution is 5.38. The molecule has 1 aromatic carbocycles. The zero-order valence-electron chi connectivity index (χ0n) is 9.67. The molecule has 0 spiro atoms. The van der Waals surface area contributed by atoms with Crippen molar-refractivity contribution in [3.8, 4) is 5.75 Å². The summed E-state index contributed by atoms with van der Waals surface area (Å²) in [6.45, 7) is 3.53. The lowest BCUT2D eigenvalue weighted by molar-refractivity contribution is 0.288. The Bertz CT molecular complexity index is 339. The van der Waals surface area contributed by atoms with Crippen molar-refractivity contribution < 1.29 is 4.74 Å². The number of nitrogens with two attached hydrogens (primary N) is 1. The molecule has 1 aliphatic heterocycles. The van der Waals surface area contributed by atoms with E-state index in [1.54, 1.807) is 0 Å². The van der Waals surface area contributed by atoms with Gasteiger partial charge in [0, 0.05) is 6.54 Å². The molecule has 3 N–H and O–H groups in total. The lowest BCUT2D eigenvalue weighted by Gasteiger charge is -2.18. The standard InChI is InChI=1S/C13H20N2O/c14-6-2-7-15-10-11-4-5-13-12(9-11)3-1-8-16-13/h4-5,9,15H,1-3,6-8,10,14H2. The second-order valence-corrected chi connectivity index (χ2v) is 4.21. The van der Waals surface area contributed by atoms with Crippen LogP contribution in [0.15, 0.2) is 18.2 Å². The van der Waals surface area contributed by atoms with Gasteiger partial charge in [0.2, 0.25) is 0 Å². The molecule has 0 saturated heterocycles. The van der Waals surface area contributed by atoms with Crippen LogP contribution in [0.1, 0.15) is 24.0 Å². The van der Waals surface area contributed by atoms with Crippen LogP contribution in [0.25, 0.3) is 0 Å². The van der Waals surface area contributed by atoms with Crippen molar-refractivity contribution >= 4 is 0 Å². The van der Waals surface area contributed by atoms with Crippen LogP contribution in [0.4, 0.5) is 0 Å². The molecule has 1 aliphatic rings.